The largest absolute Gasteiger partial charge is 0.505 e. The van der Waals surface area contributed by atoms with Crippen molar-refractivity contribution in [1.29, 1.82) is 0 Å². The molecule has 0 bridgehead atoms. The molecule has 0 radical (unpaired) electrons. The normalized spacial score (nSPS) is 18.8. The van der Waals surface area contributed by atoms with E-state index in [4.69, 9.17) is 23.2 Å². The average Bonchev–Trinajstić information content (AvgIpc) is 2.39. The SMILES string of the molecule is O=C(N[C@@H]1CCCNC1=O)c1ccc(Cl)c(Cl)c1O. The maximum absolute atomic E-state index is 12.0. The van der Waals surface area contributed by atoms with Crippen LogP contribution in [0.3, 0.4) is 0 Å². The van der Waals surface area contributed by atoms with Crippen LogP contribution in [0.1, 0.15) is 23.2 Å². The van der Waals surface area contributed by atoms with Crippen LogP contribution >= 0.6 is 23.2 Å². The number of benzene rings is 1. The Hall–Kier alpha value is -1.46. The van der Waals surface area contributed by atoms with Crippen LogP contribution in [0.5, 0.6) is 5.75 Å². The fourth-order valence-electron chi connectivity index (χ4n) is 1.87. The number of amides is 2. The molecule has 1 aromatic carbocycles. The van der Waals surface area contributed by atoms with Gasteiger partial charge in [-0.15, -0.1) is 0 Å². The molecule has 0 aromatic heterocycles. The highest BCUT2D eigenvalue weighted by atomic mass is 35.5. The second-order valence-electron chi connectivity index (χ2n) is 4.22. The Labute approximate surface area is 119 Å². The lowest BCUT2D eigenvalue weighted by Crippen LogP contribution is -2.50. The summed E-state index contributed by atoms with van der Waals surface area (Å²) >= 11 is 11.5. The predicted octanol–water partition coefficient (Wildman–Crippen LogP) is 1.71. The highest BCUT2D eigenvalue weighted by molar-refractivity contribution is 6.43. The molecule has 2 rings (SSSR count). The van der Waals surface area contributed by atoms with Gasteiger partial charge in [0.05, 0.1) is 10.6 Å². The van der Waals surface area contributed by atoms with Gasteiger partial charge in [0.2, 0.25) is 5.91 Å². The first-order valence-electron chi connectivity index (χ1n) is 5.76. The molecule has 1 aromatic rings. The van der Waals surface area contributed by atoms with Crippen molar-refractivity contribution in [2.75, 3.05) is 6.54 Å². The number of carbonyl (C=O) groups excluding carboxylic acids is 2. The number of piperidine rings is 1. The van der Waals surface area contributed by atoms with E-state index in [0.29, 0.717) is 13.0 Å². The zero-order chi connectivity index (χ0) is 14.0. The van der Waals surface area contributed by atoms with Gasteiger partial charge in [0, 0.05) is 6.54 Å². The Morgan fingerprint density at radius 1 is 1.42 bits per heavy atom. The number of nitrogens with one attached hydrogen (secondary N) is 2. The van der Waals surface area contributed by atoms with Crippen LogP contribution < -0.4 is 10.6 Å². The number of rotatable bonds is 2. The molecule has 0 saturated carbocycles. The van der Waals surface area contributed by atoms with Gasteiger partial charge in [-0.1, -0.05) is 23.2 Å². The summed E-state index contributed by atoms with van der Waals surface area (Å²) in [6.45, 7) is 0.614. The molecule has 1 saturated heterocycles. The molecule has 1 aliphatic heterocycles. The minimum Gasteiger partial charge on any atom is -0.505 e. The van der Waals surface area contributed by atoms with Crippen LogP contribution in [0.2, 0.25) is 10.0 Å². The molecule has 1 atom stereocenters. The number of phenolic OH excluding ortho intramolecular Hbond substituents is 1. The van der Waals surface area contributed by atoms with Crippen molar-refractivity contribution >= 4 is 35.0 Å². The summed E-state index contributed by atoms with van der Waals surface area (Å²) in [5.74, 6) is -1.17. The Kier molecular flexibility index (Phi) is 4.17. The second-order valence-corrected chi connectivity index (χ2v) is 5.00. The van der Waals surface area contributed by atoms with Gasteiger partial charge in [-0.25, -0.2) is 0 Å². The van der Waals surface area contributed by atoms with E-state index in [1.54, 1.807) is 0 Å². The summed E-state index contributed by atoms with van der Waals surface area (Å²) < 4.78 is 0. The predicted molar refractivity (Wildman–Crippen MR) is 71.6 cm³/mol. The van der Waals surface area contributed by atoms with E-state index in [0.717, 1.165) is 6.42 Å². The van der Waals surface area contributed by atoms with Crippen molar-refractivity contribution in [2.45, 2.75) is 18.9 Å². The summed E-state index contributed by atoms with van der Waals surface area (Å²) in [7, 11) is 0. The molecule has 3 N–H and O–H groups in total. The van der Waals surface area contributed by atoms with Crippen LogP contribution in [-0.2, 0) is 4.79 Å². The van der Waals surface area contributed by atoms with E-state index in [1.807, 2.05) is 0 Å². The molecule has 7 heteroatoms. The lowest BCUT2D eigenvalue weighted by atomic mass is 10.1. The van der Waals surface area contributed by atoms with Crippen LogP contribution in [0.15, 0.2) is 12.1 Å². The highest BCUT2D eigenvalue weighted by Crippen LogP contribution is 2.34. The number of hydrogen-bond acceptors (Lipinski definition) is 3. The Bertz CT molecular complexity index is 534. The molecule has 0 spiro atoms. The fraction of sp³-hybridized carbons (Fsp3) is 0.333. The number of aromatic hydroxyl groups is 1. The van der Waals surface area contributed by atoms with Gasteiger partial charge in [-0.3, -0.25) is 9.59 Å². The lowest BCUT2D eigenvalue weighted by Gasteiger charge is -2.23. The third kappa shape index (κ3) is 2.93. The Morgan fingerprint density at radius 2 is 2.16 bits per heavy atom. The first kappa shape index (κ1) is 14.0. The number of phenols is 1. The summed E-state index contributed by atoms with van der Waals surface area (Å²) in [4.78, 5) is 23.5. The standard InChI is InChI=1S/C12H12Cl2N2O3/c13-7-4-3-6(10(17)9(7)14)11(18)16-8-2-1-5-15-12(8)19/h3-4,8,17H,1-2,5H2,(H,15,19)(H,16,18)/t8-/m1/s1. The van der Waals surface area contributed by atoms with E-state index < -0.39 is 11.9 Å². The van der Waals surface area contributed by atoms with E-state index in [9.17, 15) is 14.7 Å². The van der Waals surface area contributed by atoms with Crippen LogP contribution in [0.4, 0.5) is 0 Å². The van der Waals surface area contributed by atoms with Crippen LogP contribution in [0.25, 0.3) is 0 Å². The van der Waals surface area contributed by atoms with Gasteiger partial charge in [0.15, 0.2) is 0 Å². The average molecular weight is 303 g/mol. The van der Waals surface area contributed by atoms with Crippen molar-refractivity contribution in [2.24, 2.45) is 0 Å². The molecule has 5 nitrogen and oxygen atoms in total. The van der Waals surface area contributed by atoms with Gasteiger partial charge in [0.25, 0.3) is 5.91 Å². The van der Waals surface area contributed by atoms with Crippen molar-refractivity contribution in [1.82, 2.24) is 10.6 Å². The topological polar surface area (TPSA) is 78.4 Å². The highest BCUT2D eigenvalue weighted by Gasteiger charge is 2.25. The number of carbonyl (C=O) groups is 2. The quantitative estimate of drug-likeness (QED) is 0.778. The minimum atomic E-state index is -0.588. The Morgan fingerprint density at radius 3 is 2.84 bits per heavy atom. The maximum atomic E-state index is 12.0. The zero-order valence-electron chi connectivity index (χ0n) is 9.87. The summed E-state index contributed by atoms with van der Waals surface area (Å²) in [6, 6.07) is 2.19. The minimum absolute atomic E-state index is 0.00669. The van der Waals surface area contributed by atoms with E-state index >= 15 is 0 Å². The smallest absolute Gasteiger partial charge is 0.255 e. The zero-order valence-corrected chi connectivity index (χ0v) is 11.4. The maximum Gasteiger partial charge on any atom is 0.255 e. The summed E-state index contributed by atoms with van der Waals surface area (Å²) in [5.41, 5.74) is -0.00669. The van der Waals surface area contributed by atoms with Crippen molar-refractivity contribution in [3.63, 3.8) is 0 Å². The third-order valence-electron chi connectivity index (χ3n) is 2.90. The fourth-order valence-corrected chi connectivity index (χ4v) is 2.19. The van der Waals surface area contributed by atoms with Crippen molar-refractivity contribution in [3.05, 3.63) is 27.7 Å². The lowest BCUT2D eigenvalue weighted by molar-refractivity contribution is -0.124. The molecule has 2 amide bonds. The van der Waals surface area contributed by atoms with E-state index in [1.165, 1.54) is 12.1 Å². The van der Waals surface area contributed by atoms with Gasteiger partial charge in [-0.05, 0) is 25.0 Å². The summed E-state index contributed by atoms with van der Waals surface area (Å²) in [5, 5.41) is 15.1. The van der Waals surface area contributed by atoms with E-state index in [-0.39, 0.29) is 27.3 Å². The van der Waals surface area contributed by atoms with Crippen LogP contribution in [0, 0.1) is 0 Å². The molecular weight excluding hydrogens is 291 g/mol. The molecule has 1 fully saturated rings. The van der Waals surface area contributed by atoms with Crippen LogP contribution in [-0.4, -0.2) is 29.5 Å². The first-order valence-corrected chi connectivity index (χ1v) is 6.52. The molecule has 1 heterocycles. The van der Waals surface area contributed by atoms with Crippen molar-refractivity contribution < 1.29 is 14.7 Å². The molecule has 0 aliphatic carbocycles. The first-order chi connectivity index (χ1) is 9.00. The molecule has 0 unspecified atom stereocenters. The second kappa shape index (κ2) is 5.67. The van der Waals surface area contributed by atoms with Gasteiger partial charge >= 0.3 is 0 Å². The summed E-state index contributed by atoms with van der Waals surface area (Å²) in [6.07, 6.45) is 1.36. The van der Waals surface area contributed by atoms with Gasteiger partial charge in [-0.2, -0.15) is 0 Å². The van der Waals surface area contributed by atoms with Crippen molar-refractivity contribution in [3.8, 4) is 5.75 Å². The monoisotopic (exact) mass is 302 g/mol. The van der Waals surface area contributed by atoms with Gasteiger partial charge < -0.3 is 15.7 Å². The van der Waals surface area contributed by atoms with E-state index in [2.05, 4.69) is 10.6 Å². The third-order valence-corrected chi connectivity index (χ3v) is 3.70. The molecule has 19 heavy (non-hydrogen) atoms. The molecule has 102 valence electrons. The Balaban J connectivity index is 2.16. The number of hydrogen-bond donors (Lipinski definition) is 3. The molecular formula is C12H12Cl2N2O3. The number of halogens is 2. The molecule has 1 aliphatic rings. The van der Waals surface area contributed by atoms with Gasteiger partial charge in [0.1, 0.15) is 16.8 Å².